The van der Waals surface area contributed by atoms with Crippen LogP contribution in [-0.2, 0) is 4.79 Å². The third-order valence-corrected chi connectivity index (χ3v) is 4.51. The summed E-state index contributed by atoms with van der Waals surface area (Å²) in [6.07, 6.45) is 0. The zero-order valence-electron chi connectivity index (χ0n) is 9.65. The van der Waals surface area contributed by atoms with Crippen LogP contribution in [0.4, 0.5) is 5.69 Å². The van der Waals surface area contributed by atoms with Crippen LogP contribution in [0.15, 0.2) is 22.7 Å². The molecular weight excluding hydrogens is 300 g/mol. The van der Waals surface area contributed by atoms with Gasteiger partial charge in [-0.05, 0) is 40.5 Å². The minimum atomic E-state index is 0.0975. The fraction of sp³-hybridized carbons (Fsp3) is 0.417. The van der Waals surface area contributed by atoms with Gasteiger partial charge in [0.25, 0.3) is 0 Å². The molecule has 1 aliphatic heterocycles. The largest absolute Gasteiger partial charge is 0.328 e. The van der Waals surface area contributed by atoms with Gasteiger partial charge >= 0.3 is 0 Å². The summed E-state index contributed by atoms with van der Waals surface area (Å²) in [5.41, 5.74) is 7.85. The number of hydrogen-bond acceptors (Lipinski definition) is 3. The summed E-state index contributed by atoms with van der Waals surface area (Å²) in [4.78, 5) is 13.9. The quantitative estimate of drug-likeness (QED) is 0.910. The second kappa shape index (κ2) is 5.42. The van der Waals surface area contributed by atoms with Gasteiger partial charge in [0.2, 0.25) is 5.91 Å². The highest BCUT2D eigenvalue weighted by molar-refractivity contribution is 9.10. The first kappa shape index (κ1) is 12.9. The first-order chi connectivity index (χ1) is 8.13. The number of halogens is 1. The number of carbonyl (C=O) groups is 1. The summed E-state index contributed by atoms with van der Waals surface area (Å²) in [6, 6.07) is 6.12. The highest BCUT2D eigenvalue weighted by atomic mass is 79.9. The van der Waals surface area contributed by atoms with Gasteiger partial charge < -0.3 is 10.6 Å². The topological polar surface area (TPSA) is 46.3 Å². The Balaban J connectivity index is 2.38. The Labute approximate surface area is 114 Å². The molecule has 2 N–H and O–H groups in total. The molecule has 1 aromatic carbocycles. The monoisotopic (exact) mass is 314 g/mol. The molecule has 1 aromatic rings. The average Bonchev–Trinajstić information content (AvgIpc) is 2.30. The molecule has 1 heterocycles. The third kappa shape index (κ3) is 2.67. The lowest BCUT2D eigenvalue weighted by molar-refractivity contribution is -0.116. The van der Waals surface area contributed by atoms with E-state index in [2.05, 4.69) is 15.9 Å². The lowest BCUT2D eigenvalue weighted by Gasteiger charge is -2.35. The molecule has 0 spiro atoms. The van der Waals surface area contributed by atoms with E-state index in [1.807, 2.05) is 30.0 Å². The predicted octanol–water partition coefficient (Wildman–Crippen LogP) is 2.16. The highest BCUT2D eigenvalue weighted by Gasteiger charge is 2.29. The van der Waals surface area contributed by atoms with Crippen molar-refractivity contribution in [3.05, 3.63) is 28.2 Å². The lowest BCUT2D eigenvalue weighted by atomic mass is 10.1. The number of thioether (sulfide) groups is 1. The van der Waals surface area contributed by atoms with Crippen LogP contribution < -0.4 is 10.6 Å². The van der Waals surface area contributed by atoms with Gasteiger partial charge in [0, 0.05) is 16.8 Å². The smallest absolute Gasteiger partial charge is 0.237 e. The molecule has 2 rings (SSSR count). The molecular formula is C12H15BrN2OS. The zero-order chi connectivity index (χ0) is 12.4. The van der Waals surface area contributed by atoms with Crippen molar-refractivity contribution in [1.82, 2.24) is 0 Å². The summed E-state index contributed by atoms with van der Waals surface area (Å²) < 4.78 is 0.955. The van der Waals surface area contributed by atoms with E-state index in [0.29, 0.717) is 12.3 Å². The molecule has 1 unspecified atom stereocenters. The van der Waals surface area contributed by atoms with Crippen LogP contribution in [0.3, 0.4) is 0 Å². The summed E-state index contributed by atoms with van der Waals surface area (Å²) in [5, 5.41) is 0. The number of aryl methyl sites for hydroxylation is 1. The molecule has 1 aliphatic rings. The highest BCUT2D eigenvalue weighted by Crippen LogP contribution is 2.31. The fourth-order valence-electron chi connectivity index (χ4n) is 1.94. The van der Waals surface area contributed by atoms with E-state index in [1.54, 1.807) is 11.8 Å². The SMILES string of the molecule is Cc1ccc(N2C(=O)CSCC2CN)c(Br)c1. The Kier molecular flexibility index (Phi) is 4.12. The van der Waals surface area contributed by atoms with Crippen molar-refractivity contribution in [3.8, 4) is 0 Å². The molecule has 0 aromatic heterocycles. The minimum absolute atomic E-state index is 0.0975. The van der Waals surface area contributed by atoms with Crippen molar-refractivity contribution in [1.29, 1.82) is 0 Å². The maximum Gasteiger partial charge on any atom is 0.237 e. The van der Waals surface area contributed by atoms with Gasteiger partial charge in [-0.1, -0.05) is 6.07 Å². The van der Waals surface area contributed by atoms with E-state index < -0.39 is 0 Å². The van der Waals surface area contributed by atoms with Gasteiger partial charge in [-0.25, -0.2) is 0 Å². The molecule has 1 atom stereocenters. The van der Waals surface area contributed by atoms with Crippen LogP contribution in [-0.4, -0.2) is 30.0 Å². The molecule has 5 heteroatoms. The molecule has 1 amide bonds. The van der Waals surface area contributed by atoms with Crippen molar-refractivity contribution < 1.29 is 4.79 Å². The Morgan fingerprint density at radius 3 is 3.00 bits per heavy atom. The van der Waals surface area contributed by atoms with Crippen molar-refractivity contribution >= 4 is 39.3 Å². The van der Waals surface area contributed by atoms with E-state index in [-0.39, 0.29) is 11.9 Å². The number of hydrogen-bond donors (Lipinski definition) is 1. The average molecular weight is 315 g/mol. The minimum Gasteiger partial charge on any atom is -0.328 e. The van der Waals surface area contributed by atoms with E-state index in [4.69, 9.17) is 5.73 Å². The van der Waals surface area contributed by atoms with Crippen LogP contribution in [0, 0.1) is 6.92 Å². The molecule has 0 bridgehead atoms. The number of carbonyl (C=O) groups excluding carboxylic acids is 1. The molecule has 0 radical (unpaired) electrons. The number of anilines is 1. The lowest BCUT2D eigenvalue weighted by Crippen LogP contribution is -2.50. The number of rotatable bonds is 2. The van der Waals surface area contributed by atoms with Gasteiger partial charge in [-0.3, -0.25) is 4.79 Å². The van der Waals surface area contributed by atoms with E-state index in [9.17, 15) is 4.79 Å². The summed E-state index contributed by atoms with van der Waals surface area (Å²) in [6.45, 7) is 2.53. The number of amides is 1. The van der Waals surface area contributed by atoms with Crippen LogP contribution in [0.2, 0.25) is 0 Å². The maximum absolute atomic E-state index is 12.0. The second-order valence-electron chi connectivity index (χ2n) is 4.12. The van der Waals surface area contributed by atoms with Gasteiger partial charge in [0.1, 0.15) is 0 Å². The van der Waals surface area contributed by atoms with Crippen LogP contribution >= 0.6 is 27.7 Å². The first-order valence-electron chi connectivity index (χ1n) is 5.49. The molecule has 0 saturated carbocycles. The summed E-state index contributed by atoms with van der Waals surface area (Å²) >= 11 is 5.18. The van der Waals surface area contributed by atoms with E-state index in [1.165, 1.54) is 5.56 Å². The van der Waals surface area contributed by atoms with Crippen LogP contribution in [0.25, 0.3) is 0 Å². The molecule has 3 nitrogen and oxygen atoms in total. The third-order valence-electron chi connectivity index (χ3n) is 2.80. The van der Waals surface area contributed by atoms with Crippen LogP contribution in [0.5, 0.6) is 0 Å². The zero-order valence-corrected chi connectivity index (χ0v) is 12.1. The second-order valence-corrected chi connectivity index (χ2v) is 6.01. The van der Waals surface area contributed by atoms with Gasteiger partial charge in [-0.15, -0.1) is 11.8 Å². The molecule has 1 fully saturated rings. The van der Waals surface area contributed by atoms with E-state index >= 15 is 0 Å². The number of nitrogens with two attached hydrogens (primary N) is 1. The van der Waals surface area contributed by atoms with Gasteiger partial charge in [0.05, 0.1) is 17.5 Å². The first-order valence-corrected chi connectivity index (χ1v) is 7.44. The predicted molar refractivity (Wildman–Crippen MR) is 76.5 cm³/mol. The van der Waals surface area contributed by atoms with Crippen molar-refractivity contribution in [3.63, 3.8) is 0 Å². The van der Waals surface area contributed by atoms with Crippen molar-refractivity contribution in [2.45, 2.75) is 13.0 Å². The summed E-state index contributed by atoms with van der Waals surface area (Å²) in [5.74, 6) is 1.58. The van der Waals surface area contributed by atoms with E-state index in [0.717, 1.165) is 15.9 Å². The Bertz CT molecular complexity index is 439. The van der Waals surface area contributed by atoms with Crippen molar-refractivity contribution in [2.75, 3.05) is 23.0 Å². The Hall–Kier alpha value is -0.520. The number of nitrogens with zero attached hydrogens (tertiary/aromatic N) is 1. The molecule has 92 valence electrons. The van der Waals surface area contributed by atoms with Crippen LogP contribution in [0.1, 0.15) is 5.56 Å². The Morgan fingerprint density at radius 2 is 2.35 bits per heavy atom. The standard InChI is InChI=1S/C12H15BrN2OS/c1-8-2-3-11(10(13)4-8)15-9(5-14)6-17-7-12(15)16/h2-4,9H,5-7,14H2,1H3. The van der Waals surface area contributed by atoms with Crippen molar-refractivity contribution in [2.24, 2.45) is 5.73 Å². The maximum atomic E-state index is 12.0. The molecule has 1 saturated heterocycles. The van der Waals surface area contributed by atoms with Gasteiger partial charge in [0.15, 0.2) is 0 Å². The fourth-order valence-corrected chi connectivity index (χ4v) is 3.61. The normalized spacial score (nSPS) is 20.8. The number of benzene rings is 1. The molecule has 17 heavy (non-hydrogen) atoms. The van der Waals surface area contributed by atoms with Gasteiger partial charge in [-0.2, -0.15) is 0 Å². The molecule has 0 aliphatic carbocycles. The Morgan fingerprint density at radius 1 is 1.59 bits per heavy atom. The summed E-state index contributed by atoms with van der Waals surface area (Å²) in [7, 11) is 0.